The van der Waals surface area contributed by atoms with Crippen LogP contribution in [-0.2, 0) is 9.53 Å². The molecule has 3 fully saturated rings. The van der Waals surface area contributed by atoms with Crippen LogP contribution in [0.5, 0.6) is 0 Å². The van der Waals surface area contributed by atoms with Crippen molar-refractivity contribution in [2.24, 2.45) is 11.3 Å². The predicted molar refractivity (Wildman–Crippen MR) is 65.5 cm³/mol. The largest absolute Gasteiger partial charge is 0.368 e. The number of hydrogen-bond donors (Lipinski definition) is 0. The van der Waals surface area contributed by atoms with Crippen LogP contribution in [0.25, 0.3) is 0 Å². The third-order valence-electron chi connectivity index (χ3n) is 4.81. The molecule has 17 heavy (non-hydrogen) atoms. The molecule has 0 aromatic carbocycles. The standard InChI is InChI=1S/C14H21NO2/c1-2-11-10-14(11)5-7-15(8-6-14)13(16)12-4-3-9-17-12/h2,11-12H,1,3-10H2/t11-,12+/m0/s1. The summed E-state index contributed by atoms with van der Waals surface area (Å²) in [5.41, 5.74) is 0.509. The second kappa shape index (κ2) is 4.13. The molecule has 3 heteroatoms. The molecule has 94 valence electrons. The summed E-state index contributed by atoms with van der Waals surface area (Å²) in [6.45, 7) is 6.48. The fraction of sp³-hybridized carbons (Fsp3) is 0.786. The molecule has 1 saturated carbocycles. The zero-order chi connectivity index (χ0) is 11.9. The first-order valence-electron chi connectivity index (χ1n) is 6.78. The molecule has 3 aliphatic rings. The maximum atomic E-state index is 12.2. The summed E-state index contributed by atoms with van der Waals surface area (Å²) >= 11 is 0. The summed E-state index contributed by atoms with van der Waals surface area (Å²) in [7, 11) is 0. The molecule has 2 saturated heterocycles. The number of likely N-dealkylation sites (tertiary alicyclic amines) is 1. The monoisotopic (exact) mass is 235 g/mol. The molecule has 0 unspecified atom stereocenters. The number of amides is 1. The number of allylic oxidation sites excluding steroid dienone is 1. The normalized spacial score (nSPS) is 34.9. The second-order valence-corrected chi connectivity index (χ2v) is 5.74. The molecule has 1 spiro atoms. The molecular formula is C14H21NO2. The van der Waals surface area contributed by atoms with Gasteiger partial charge in [0, 0.05) is 19.7 Å². The molecule has 2 atom stereocenters. The van der Waals surface area contributed by atoms with E-state index in [0.717, 1.165) is 45.4 Å². The minimum atomic E-state index is -0.140. The van der Waals surface area contributed by atoms with Gasteiger partial charge in [-0.15, -0.1) is 6.58 Å². The molecule has 1 amide bonds. The van der Waals surface area contributed by atoms with Crippen molar-refractivity contribution < 1.29 is 9.53 Å². The molecule has 2 aliphatic heterocycles. The number of nitrogens with zero attached hydrogens (tertiary/aromatic N) is 1. The van der Waals surface area contributed by atoms with E-state index in [4.69, 9.17) is 4.74 Å². The van der Waals surface area contributed by atoms with Crippen molar-refractivity contribution in [2.45, 2.75) is 38.2 Å². The number of rotatable bonds is 2. The third kappa shape index (κ3) is 1.90. The van der Waals surface area contributed by atoms with Crippen molar-refractivity contribution in [3.8, 4) is 0 Å². The van der Waals surface area contributed by atoms with Crippen LogP contribution in [0, 0.1) is 11.3 Å². The van der Waals surface area contributed by atoms with Gasteiger partial charge in [0.15, 0.2) is 0 Å². The van der Waals surface area contributed by atoms with Gasteiger partial charge in [-0.3, -0.25) is 4.79 Å². The van der Waals surface area contributed by atoms with Crippen LogP contribution in [0.2, 0.25) is 0 Å². The number of ether oxygens (including phenoxy) is 1. The molecule has 3 rings (SSSR count). The molecule has 2 heterocycles. The van der Waals surface area contributed by atoms with Crippen molar-refractivity contribution >= 4 is 5.91 Å². The summed E-state index contributed by atoms with van der Waals surface area (Å²) in [6, 6.07) is 0. The van der Waals surface area contributed by atoms with Gasteiger partial charge in [-0.05, 0) is 43.4 Å². The molecule has 1 aliphatic carbocycles. The van der Waals surface area contributed by atoms with E-state index in [0.29, 0.717) is 11.3 Å². The molecule has 0 bridgehead atoms. The number of piperidine rings is 1. The SMILES string of the molecule is C=C[C@H]1CC12CCN(C(=O)[C@H]1CCCO1)CC2. The predicted octanol–water partition coefficient (Wildman–Crippen LogP) is 1.98. The van der Waals surface area contributed by atoms with Gasteiger partial charge in [-0.1, -0.05) is 6.08 Å². The summed E-state index contributed by atoms with van der Waals surface area (Å²) in [5, 5.41) is 0. The van der Waals surface area contributed by atoms with E-state index in [1.54, 1.807) is 0 Å². The van der Waals surface area contributed by atoms with E-state index in [-0.39, 0.29) is 12.0 Å². The minimum absolute atomic E-state index is 0.140. The Morgan fingerprint density at radius 3 is 2.71 bits per heavy atom. The average molecular weight is 235 g/mol. The Hall–Kier alpha value is -0.830. The maximum Gasteiger partial charge on any atom is 0.251 e. The second-order valence-electron chi connectivity index (χ2n) is 5.74. The van der Waals surface area contributed by atoms with Crippen LogP contribution in [-0.4, -0.2) is 36.6 Å². The lowest BCUT2D eigenvalue weighted by molar-refractivity contribution is -0.142. The van der Waals surface area contributed by atoms with Gasteiger partial charge >= 0.3 is 0 Å². The van der Waals surface area contributed by atoms with E-state index in [9.17, 15) is 4.79 Å². The lowest BCUT2D eigenvalue weighted by atomic mass is 9.90. The Kier molecular flexibility index (Phi) is 2.74. The van der Waals surface area contributed by atoms with E-state index >= 15 is 0 Å². The first-order chi connectivity index (χ1) is 8.25. The Morgan fingerprint density at radius 1 is 1.41 bits per heavy atom. The quantitative estimate of drug-likeness (QED) is 0.685. The van der Waals surface area contributed by atoms with Crippen molar-refractivity contribution in [1.29, 1.82) is 0 Å². The van der Waals surface area contributed by atoms with Gasteiger partial charge in [0.2, 0.25) is 0 Å². The Balaban J connectivity index is 1.54. The number of carbonyl (C=O) groups excluding carboxylic acids is 1. The summed E-state index contributed by atoms with van der Waals surface area (Å²) < 4.78 is 5.47. The zero-order valence-corrected chi connectivity index (χ0v) is 10.4. The van der Waals surface area contributed by atoms with E-state index in [1.165, 1.54) is 6.42 Å². The van der Waals surface area contributed by atoms with Gasteiger partial charge in [0.1, 0.15) is 6.10 Å². The Labute approximate surface area is 103 Å². The highest BCUT2D eigenvalue weighted by Gasteiger charge is 2.53. The van der Waals surface area contributed by atoms with E-state index in [1.807, 2.05) is 4.90 Å². The highest BCUT2D eigenvalue weighted by molar-refractivity contribution is 5.81. The van der Waals surface area contributed by atoms with Crippen LogP contribution in [0.4, 0.5) is 0 Å². The topological polar surface area (TPSA) is 29.5 Å². The van der Waals surface area contributed by atoms with Gasteiger partial charge < -0.3 is 9.64 Å². The lowest BCUT2D eigenvalue weighted by Crippen LogP contribution is -2.44. The average Bonchev–Trinajstić information content (AvgIpc) is 2.81. The van der Waals surface area contributed by atoms with Gasteiger partial charge in [0.05, 0.1) is 0 Å². The zero-order valence-electron chi connectivity index (χ0n) is 10.4. The minimum Gasteiger partial charge on any atom is -0.368 e. The smallest absolute Gasteiger partial charge is 0.251 e. The lowest BCUT2D eigenvalue weighted by Gasteiger charge is -2.34. The van der Waals surface area contributed by atoms with Gasteiger partial charge in [-0.2, -0.15) is 0 Å². The van der Waals surface area contributed by atoms with Crippen LogP contribution < -0.4 is 0 Å². The maximum absolute atomic E-state index is 12.2. The van der Waals surface area contributed by atoms with Gasteiger partial charge in [0.25, 0.3) is 5.91 Å². The molecule has 0 aromatic heterocycles. The Bertz CT molecular complexity index is 325. The highest BCUT2D eigenvalue weighted by Crippen LogP contribution is 2.59. The van der Waals surface area contributed by atoms with E-state index < -0.39 is 0 Å². The fourth-order valence-corrected chi connectivity index (χ4v) is 3.44. The van der Waals surface area contributed by atoms with Crippen LogP contribution in [0.15, 0.2) is 12.7 Å². The number of hydrogen-bond acceptors (Lipinski definition) is 2. The van der Waals surface area contributed by atoms with Crippen molar-refractivity contribution in [2.75, 3.05) is 19.7 Å². The Morgan fingerprint density at radius 2 is 2.18 bits per heavy atom. The van der Waals surface area contributed by atoms with E-state index in [2.05, 4.69) is 12.7 Å². The van der Waals surface area contributed by atoms with Crippen LogP contribution in [0.3, 0.4) is 0 Å². The van der Waals surface area contributed by atoms with Crippen LogP contribution in [0.1, 0.15) is 32.1 Å². The molecule has 0 N–H and O–H groups in total. The summed E-state index contributed by atoms with van der Waals surface area (Å²) in [5.74, 6) is 0.940. The van der Waals surface area contributed by atoms with Crippen LogP contribution >= 0.6 is 0 Å². The highest BCUT2D eigenvalue weighted by atomic mass is 16.5. The van der Waals surface area contributed by atoms with Crippen molar-refractivity contribution in [1.82, 2.24) is 4.90 Å². The third-order valence-corrected chi connectivity index (χ3v) is 4.81. The molecule has 0 radical (unpaired) electrons. The molecular weight excluding hydrogens is 214 g/mol. The van der Waals surface area contributed by atoms with Crippen molar-refractivity contribution in [3.05, 3.63) is 12.7 Å². The summed E-state index contributed by atoms with van der Waals surface area (Å²) in [4.78, 5) is 14.2. The molecule has 3 nitrogen and oxygen atoms in total. The first kappa shape index (κ1) is 11.3. The fourth-order valence-electron chi connectivity index (χ4n) is 3.44. The first-order valence-corrected chi connectivity index (χ1v) is 6.78. The number of carbonyl (C=O) groups is 1. The van der Waals surface area contributed by atoms with Gasteiger partial charge in [-0.25, -0.2) is 0 Å². The summed E-state index contributed by atoms with van der Waals surface area (Å²) in [6.07, 6.45) is 7.50. The molecule has 0 aromatic rings. The van der Waals surface area contributed by atoms with Crippen molar-refractivity contribution in [3.63, 3.8) is 0 Å².